The summed E-state index contributed by atoms with van der Waals surface area (Å²) in [6.07, 6.45) is 0.0119. The average Bonchev–Trinajstić information content (AvgIpc) is 3.25. The SMILES string of the molecule is COc1ccc([C@@H]2O[C@@H](c3ccc4c(c3)OCO4)[C@H](C)[C@H]2C)cc1OC. The van der Waals surface area contributed by atoms with Gasteiger partial charge in [0.1, 0.15) is 0 Å². The Balaban J connectivity index is 1.62. The van der Waals surface area contributed by atoms with E-state index >= 15 is 0 Å². The molecular weight excluding hydrogens is 332 g/mol. The second kappa shape index (κ2) is 6.72. The molecule has 0 aliphatic carbocycles. The molecule has 0 aromatic heterocycles. The molecule has 5 heteroatoms. The first-order chi connectivity index (χ1) is 12.6. The molecule has 0 amide bonds. The molecule has 0 radical (unpaired) electrons. The zero-order chi connectivity index (χ0) is 18.3. The van der Waals surface area contributed by atoms with E-state index in [1.807, 2.05) is 24.3 Å². The van der Waals surface area contributed by atoms with Gasteiger partial charge < -0.3 is 23.7 Å². The molecule has 4 atom stereocenters. The Bertz CT molecular complexity index is 803. The van der Waals surface area contributed by atoms with E-state index in [9.17, 15) is 0 Å². The van der Waals surface area contributed by atoms with Gasteiger partial charge in [-0.05, 0) is 47.2 Å². The molecule has 0 bridgehead atoms. The van der Waals surface area contributed by atoms with E-state index in [0.717, 1.165) is 34.1 Å². The van der Waals surface area contributed by atoms with Crippen molar-refractivity contribution in [2.75, 3.05) is 21.0 Å². The molecular formula is C21H24O5. The number of hydrogen-bond donors (Lipinski definition) is 0. The Kier molecular flexibility index (Phi) is 4.41. The van der Waals surface area contributed by atoms with Gasteiger partial charge in [-0.15, -0.1) is 0 Å². The highest BCUT2D eigenvalue weighted by Crippen LogP contribution is 2.50. The zero-order valence-electron chi connectivity index (χ0n) is 15.5. The number of rotatable bonds is 4. The molecule has 138 valence electrons. The molecule has 2 aliphatic heterocycles. The van der Waals surface area contributed by atoms with Gasteiger partial charge in [0, 0.05) is 0 Å². The first kappa shape index (κ1) is 17.0. The molecule has 0 spiro atoms. The molecule has 26 heavy (non-hydrogen) atoms. The Morgan fingerprint density at radius 2 is 1.38 bits per heavy atom. The maximum absolute atomic E-state index is 6.50. The summed E-state index contributed by atoms with van der Waals surface area (Å²) >= 11 is 0. The van der Waals surface area contributed by atoms with Crippen molar-refractivity contribution in [1.82, 2.24) is 0 Å². The first-order valence-corrected chi connectivity index (χ1v) is 8.89. The van der Waals surface area contributed by atoms with E-state index in [2.05, 4.69) is 26.0 Å². The smallest absolute Gasteiger partial charge is 0.231 e. The van der Waals surface area contributed by atoms with E-state index in [4.69, 9.17) is 23.7 Å². The van der Waals surface area contributed by atoms with E-state index in [0.29, 0.717) is 11.8 Å². The molecule has 0 saturated carbocycles. The summed E-state index contributed by atoms with van der Waals surface area (Å²) in [6, 6.07) is 12.1. The van der Waals surface area contributed by atoms with Crippen molar-refractivity contribution < 1.29 is 23.7 Å². The highest BCUT2D eigenvalue weighted by molar-refractivity contribution is 5.46. The summed E-state index contributed by atoms with van der Waals surface area (Å²) in [4.78, 5) is 0. The standard InChI is InChI=1S/C21H24O5/c1-12-13(2)21(15-6-8-17-19(10-15)25-11-24-17)26-20(12)14-5-7-16(22-3)18(9-14)23-4/h5-10,12-13,20-21H,11H2,1-4H3/t12-,13-,20-,21-/m1/s1. The van der Waals surface area contributed by atoms with Gasteiger partial charge in [0.15, 0.2) is 23.0 Å². The predicted molar refractivity (Wildman–Crippen MR) is 97.0 cm³/mol. The fraction of sp³-hybridized carbons (Fsp3) is 0.429. The summed E-state index contributed by atoms with van der Waals surface area (Å²) in [7, 11) is 3.29. The van der Waals surface area contributed by atoms with Crippen LogP contribution in [0.1, 0.15) is 37.2 Å². The zero-order valence-corrected chi connectivity index (χ0v) is 15.5. The third-order valence-electron chi connectivity index (χ3n) is 5.54. The van der Waals surface area contributed by atoms with Crippen LogP contribution >= 0.6 is 0 Å². The summed E-state index contributed by atoms with van der Waals surface area (Å²) in [6.45, 7) is 4.75. The van der Waals surface area contributed by atoms with Crippen molar-refractivity contribution in [3.63, 3.8) is 0 Å². The van der Waals surface area contributed by atoms with Crippen LogP contribution in [0.25, 0.3) is 0 Å². The van der Waals surface area contributed by atoms with Gasteiger partial charge >= 0.3 is 0 Å². The van der Waals surface area contributed by atoms with Crippen molar-refractivity contribution in [1.29, 1.82) is 0 Å². The van der Waals surface area contributed by atoms with Gasteiger partial charge in [0.2, 0.25) is 6.79 Å². The lowest BCUT2D eigenvalue weighted by Crippen LogP contribution is -2.10. The predicted octanol–water partition coefficient (Wildman–Crippen LogP) is 4.52. The molecule has 0 unspecified atom stereocenters. The van der Waals surface area contributed by atoms with Crippen LogP contribution in [0.4, 0.5) is 0 Å². The van der Waals surface area contributed by atoms with Gasteiger partial charge in [-0.25, -0.2) is 0 Å². The Morgan fingerprint density at radius 3 is 2.08 bits per heavy atom. The summed E-state index contributed by atoms with van der Waals surface area (Å²) in [5.41, 5.74) is 2.22. The highest BCUT2D eigenvalue weighted by atomic mass is 16.7. The lowest BCUT2D eigenvalue weighted by Gasteiger charge is -2.18. The van der Waals surface area contributed by atoms with Crippen LogP contribution < -0.4 is 18.9 Å². The van der Waals surface area contributed by atoms with E-state index < -0.39 is 0 Å². The monoisotopic (exact) mass is 356 g/mol. The lowest BCUT2D eigenvalue weighted by atomic mass is 9.85. The Morgan fingerprint density at radius 1 is 0.769 bits per heavy atom. The Hall–Kier alpha value is -2.40. The first-order valence-electron chi connectivity index (χ1n) is 8.89. The molecule has 1 fully saturated rings. The quantitative estimate of drug-likeness (QED) is 0.806. The number of benzene rings is 2. The molecule has 2 aromatic rings. The van der Waals surface area contributed by atoms with E-state index in [-0.39, 0.29) is 19.0 Å². The van der Waals surface area contributed by atoms with Gasteiger partial charge in [0.25, 0.3) is 0 Å². The number of hydrogen-bond acceptors (Lipinski definition) is 5. The van der Waals surface area contributed by atoms with Crippen LogP contribution in [0, 0.1) is 11.8 Å². The van der Waals surface area contributed by atoms with Gasteiger partial charge in [-0.3, -0.25) is 0 Å². The topological polar surface area (TPSA) is 46.2 Å². The molecule has 2 aromatic carbocycles. The van der Waals surface area contributed by atoms with Gasteiger partial charge in [0.05, 0.1) is 26.4 Å². The maximum Gasteiger partial charge on any atom is 0.231 e. The summed E-state index contributed by atoms with van der Waals surface area (Å²) < 4.78 is 28.2. The minimum absolute atomic E-state index is 0.000212. The molecule has 2 aliphatic rings. The number of methoxy groups -OCH3 is 2. The van der Waals surface area contributed by atoms with Crippen molar-refractivity contribution in [3.05, 3.63) is 47.5 Å². The normalized spacial score (nSPS) is 26.8. The minimum atomic E-state index is 0.000212. The summed E-state index contributed by atoms with van der Waals surface area (Å²) in [5.74, 6) is 3.77. The van der Waals surface area contributed by atoms with Gasteiger partial charge in [-0.1, -0.05) is 26.0 Å². The molecule has 1 saturated heterocycles. The van der Waals surface area contributed by atoms with E-state index in [1.165, 1.54) is 0 Å². The van der Waals surface area contributed by atoms with Crippen LogP contribution in [0.15, 0.2) is 36.4 Å². The largest absolute Gasteiger partial charge is 0.493 e. The summed E-state index contributed by atoms with van der Waals surface area (Å²) in [5, 5.41) is 0. The fourth-order valence-corrected chi connectivity index (χ4v) is 3.84. The van der Waals surface area contributed by atoms with Crippen LogP contribution in [-0.2, 0) is 4.74 Å². The fourth-order valence-electron chi connectivity index (χ4n) is 3.84. The van der Waals surface area contributed by atoms with Crippen LogP contribution in [0.5, 0.6) is 23.0 Å². The van der Waals surface area contributed by atoms with Crippen LogP contribution in [0.3, 0.4) is 0 Å². The number of ether oxygens (including phenoxy) is 5. The van der Waals surface area contributed by atoms with E-state index in [1.54, 1.807) is 14.2 Å². The molecule has 4 rings (SSSR count). The van der Waals surface area contributed by atoms with Crippen molar-refractivity contribution >= 4 is 0 Å². The second-order valence-corrected chi connectivity index (χ2v) is 6.92. The number of fused-ring (bicyclic) bond motifs is 1. The highest BCUT2D eigenvalue weighted by Gasteiger charge is 2.41. The molecule has 0 N–H and O–H groups in total. The lowest BCUT2D eigenvalue weighted by molar-refractivity contribution is 0.0288. The maximum atomic E-state index is 6.50. The van der Waals surface area contributed by atoms with Crippen molar-refractivity contribution in [2.45, 2.75) is 26.1 Å². The minimum Gasteiger partial charge on any atom is -0.493 e. The molecule has 5 nitrogen and oxygen atoms in total. The van der Waals surface area contributed by atoms with Crippen LogP contribution in [-0.4, -0.2) is 21.0 Å². The van der Waals surface area contributed by atoms with Crippen LogP contribution in [0.2, 0.25) is 0 Å². The molecule has 2 heterocycles. The van der Waals surface area contributed by atoms with Crippen molar-refractivity contribution in [2.24, 2.45) is 11.8 Å². The third-order valence-corrected chi connectivity index (χ3v) is 5.54. The second-order valence-electron chi connectivity index (χ2n) is 6.92. The van der Waals surface area contributed by atoms with Crippen molar-refractivity contribution in [3.8, 4) is 23.0 Å². The Labute approximate surface area is 153 Å². The third kappa shape index (κ3) is 2.76. The van der Waals surface area contributed by atoms with Gasteiger partial charge in [-0.2, -0.15) is 0 Å². The average molecular weight is 356 g/mol.